The van der Waals surface area contributed by atoms with E-state index in [2.05, 4.69) is 10.3 Å². The lowest BCUT2D eigenvalue weighted by atomic mass is 10.1. The molecule has 22 heavy (non-hydrogen) atoms. The number of carbonyl (C=O) groups is 2. The van der Waals surface area contributed by atoms with Gasteiger partial charge in [0.25, 0.3) is 5.91 Å². The summed E-state index contributed by atoms with van der Waals surface area (Å²) < 4.78 is 0. The number of carbonyl (C=O) groups excluding carboxylic acids is 1. The van der Waals surface area contributed by atoms with Gasteiger partial charge in [-0.05, 0) is 43.0 Å². The van der Waals surface area contributed by atoms with Crippen LogP contribution in [0.4, 0.5) is 5.69 Å². The molecule has 0 aliphatic heterocycles. The zero-order chi connectivity index (χ0) is 15.8. The monoisotopic (exact) mass is 298 g/mol. The molecule has 0 aliphatic rings. The number of pyridine rings is 1. The molecular weight excluding hydrogens is 280 g/mol. The Morgan fingerprint density at radius 1 is 1.09 bits per heavy atom. The number of nitrogens with one attached hydrogen (secondary N) is 1. The second kappa shape index (κ2) is 7.93. The van der Waals surface area contributed by atoms with Crippen molar-refractivity contribution in [1.82, 2.24) is 4.98 Å². The number of benzene rings is 1. The first-order chi connectivity index (χ1) is 10.6. The van der Waals surface area contributed by atoms with Crippen LogP contribution >= 0.6 is 0 Å². The van der Waals surface area contributed by atoms with Crippen molar-refractivity contribution in [2.45, 2.75) is 25.7 Å². The summed E-state index contributed by atoms with van der Waals surface area (Å²) in [7, 11) is 0. The van der Waals surface area contributed by atoms with E-state index in [9.17, 15) is 9.59 Å². The number of unbranched alkanes of at least 4 members (excludes halogenated alkanes) is 1. The molecule has 0 saturated carbocycles. The number of carboxylic acids is 1. The molecule has 0 radical (unpaired) electrons. The van der Waals surface area contributed by atoms with E-state index in [1.165, 1.54) is 0 Å². The largest absolute Gasteiger partial charge is 0.481 e. The molecule has 5 nitrogen and oxygen atoms in total. The normalized spacial score (nSPS) is 10.2. The lowest BCUT2D eigenvalue weighted by molar-refractivity contribution is -0.137. The maximum Gasteiger partial charge on any atom is 0.303 e. The average Bonchev–Trinajstić information content (AvgIpc) is 2.52. The minimum absolute atomic E-state index is 0.176. The number of hydrogen-bond acceptors (Lipinski definition) is 3. The van der Waals surface area contributed by atoms with Crippen molar-refractivity contribution in [2.24, 2.45) is 0 Å². The Morgan fingerprint density at radius 2 is 1.86 bits per heavy atom. The van der Waals surface area contributed by atoms with Gasteiger partial charge in [-0.15, -0.1) is 0 Å². The van der Waals surface area contributed by atoms with Crippen LogP contribution < -0.4 is 5.32 Å². The number of aryl methyl sites for hydroxylation is 1. The van der Waals surface area contributed by atoms with E-state index in [1.54, 1.807) is 24.5 Å². The maximum absolute atomic E-state index is 12.1. The zero-order valence-electron chi connectivity index (χ0n) is 12.2. The van der Waals surface area contributed by atoms with E-state index in [1.807, 2.05) is 24.3 Å². The number of anilines is 1. The highest BCUT2D eigenvalue weighted by molar-refractivity contribution is 6.04. The summed E-state index contributed by atoms with van der Waals surface area (Å²) in [5, 5.41) is 11.4. The highest BCUT2D eigenvalue weighted by atomic mass is 16.4. The molecule has 114 valence electrons. The van der Waals surface area contributed by atoms with Gasteiger partial charge in [0, 0.05) is 18.2 Å². The fraction of sp³-hybridized carbons (Fsp3) is 0.235. The molecule has 0 saturated heterocycles. The second-order valence-corrected chi connectivity index (χ2v) is 5.00. The van der Waals surface area contributed by atoms with E-state index in [-0.39, 0.29) is 12.3 Å². The Morgan fingerprint density at radius 3 is 2.59 bits per heavy atom. The van der Waals surface area contributed by atoms with Crippen LogP contribution in [0.1, 0.15) is 35.2 Å². The molecular formula is C17H18N2O3. The Balaban J connectivity index is 1.91. The third-order valence-corrected chi connectivity index (χ3v) is 3.19. The van der Waals surface area contributed by atoms with Crippen molar-refractivity contribution >= 4 is 17.6 Å². The zero-order valence-corrected chi connectivity index (χ0v) is 12.2. The Bertz CT molecular complexity index is 641. The molecule has 2 aromatic rings. The number of aromatic nitrogens is 1. The second-order valence-electron chi connectivity index (χ2n) is 5.00. The fourth-order valence-corrected chi connectivity index (χ4v) is 2.09. The lowest BCUT2D eigenvalue weighted by Crippen LogP contribution is -2.12. The summed E-state index contributed by atoms with van der Waals surface area (Å²) in [6.07, 6.45) is 5.67. The van der Waals surface area contributed by atoms with Gasteiger partial charge in [0.1, 0.15) is 0 Å². The predicted molar refractivity (Wildman–Crippen MR) is 83.8 cm³/mol. The summed E-state index contributed by atoms with van der Waals surface area (Å²) in [4.78, 5) is 26.6. The van der Waals surface area contributed by atoms with Crippen LogP contribution in [0.25, 0.3) is 0 Å². The Hall–Kier alpha value is -2.69. The molecule has 5 heteroatoms. The van der Waals surface area contributed by atoms with Crippen LogP contribution in [0.5, 0.6) is 0 Å². The van der Waals surface area contributed by atoms with Crippen molar-refractivity contribution < 1.29 is 14.7 Å². The summed E-state index contributed by atoms with van der Waals surface area (Å²) in [6.45, 7) is 0. The molecule has 0 fully saturated rings. The van der Waals surface area contributed by atoms with Gasteiger partial charge in [-0.2, -0.15) is 0 Å². The smallest absolute Gasteiger partial charge is 0.303 e. The summed E-state index contributed by atoms with van der Waals surface area (Å²) in [5.74, 6) is -0.951. The van der Waals surface area contributed by atoms with Gasteiger partial charge in [0.05, 0.1) is 11.9 Å². The van der Waals surface area contributed by atoms with Crippen LogP contribution in [-0.4, -0.2) is 22.0 Å². The molecule has 1 heterocycles. The number of carboxylic acid groups (broad SMARTS) is 1. The van der Waals surface area contributed by atoms with Crippen molar-refractivity contribution in [2.75, 3.05) is 5.32 Å². The van der Waals surface area contributed by atoms with E-state index >= 15 is 0 Å². The number of hydrogen-bond donors (Lipinski definition) is 2. The molecule has 0 bridgehead atoms. The van der Waals surface area contributed by atoms with Gasteiger partial charge in [0.15, 0.2) is 0 Å². The van der Waals surface area contributed by atoms with Gasteiger partial charge in [-0.3, -0.25) is 14.6 Å². The minimum Gasteiger partial charge on any atom is -0.481 e. The number of amides is 1. The first-order valence-electron chi connectivity index (χ1n) is 7.17. The molecule has 1 amide bonds. The molecule has 0 spiro atoms. The molecule has 1 aromatic heterocycles. The highest BCUT2D eigenvalue weighted by Crippen LogP contribution is 2.13. The van der Waals surface area contributed by atoms with Gasteiger partial charge in [0.2, 0.25) is 0 Å². The van der Waals surface area contributed by atoms with Crippen LogP contribution in [0.2, 0.25) is 0 Å². The van der Waals surface area contributed by atoms with Gasteiger partial charge >= 0.3 is 5.97 Å². The van der Waals surface area contributed by atoms with Crippen LogP contribution in [-0.2, 0) is 11.2 Å². The van der Waals surface area contributed by atoms with E-state index in [0.29, 0.717) is 17.7 Å². The van der Waals surface area contributed by atoms with Crippen molar-refractivity contribution in [3.05, 3.63) is 59.9 Å². The third-order valence-electron chi connectivity index (χ3n) is 3.19. The number of rotatable bonds is 7. The molecule has 1 aromatic carbocycles. The van der Waals surface area contributed by atoms with Gasteiger partial charge in [-0.1, -0.05) is 18.2 Å². The molecule has 0 atom stereocenters. The van der Waals surface area contributed by atoms with Gasteiger partial charge < -0.3 is 10.4 Å². The number of aliphatic carboxylic acids is 1. The first kappa shape index (κ1) is 15.7. The van der Waals surface area contributed by atoms with Crippen LogP contribution in [0.3, 0.4) is 0 Å². The van der Waals surface area contributed by atoms with Crippen LogP contribution in [0, 0.1) is 0 Å². The average molecular weight is 298 g/mol. The summed E-state index contributed by atoms with van der Waals surface area (Å²) in [6, 6.07) is 10.8. The minimum atomic E-state index is -0.776. The maximum atomic E-state index is 12.1. The topological polar surface area (TPSA) is 79.3 Å². The molecule has 0 aliphatic carbocycles. The first-order valence-corrected chi connectivity index (χ1v) is 7.17. The summed E-state index contributed by atoms with van der Waals surface area (Å²) >= 11 is 0. The highest BCUT2D eigenvalue weighted by Gasteiger charge is 2.06. The van der Waals surface area contributed by atoms with Crippen molar-refractivity contribution in [3.8, 4) is 0 Å². The summed E-state index contributed by atoms with van der Waals surface area (Å²) in [5.41, 5.74) is 2.22. The molecule has 2 N–H and O–H groups in total. The third kappa shape index (κ3) is 5.01. The SMILES string of the molecule is O=C(O)CCCCc1cncc(NC(=O)c2ccccc2)c1. The standard InChI is InChI=1S/C17H18N2O3/c20-16(21)9-5-4-6-13-10-15(12-18-11-13)19-17(22)14-7-2-1-3-8-14/h1-3,7-8,10-12H,4-6,9H2,(H,19,22)(H,20,21). The fourth-order valence-electron chi connectivity index (χ4n) is 2.09. The Labute approximate surface area is 129 Å². The molecule has 2 rings (SSSR count). The van der Waals surface area contributed by atoms with E-state index in [0.717, 1.165) is 18.4 Å². The molecule has 0 unspecified atom stereocenters. The quantitative estimate of drug-likeness (QED) is 0.770. The number of nitrogens with zero attached hydrogens (tertiary/aromatic N) is 1. The predicted octanol–water partition coefficient (Wildman–Crippen LogP) is 3.13. The Kier molecular flexibility index (Phi) is 5.65. The van der Waals surface area contributed by atoms with Crippen LogP contribution in [0.15, 0.2) is 48.8 Å². The lowest BCUT2D eigenvalue weighted by Gasteiger charge is -2.07. The van der Waals surface area contributed by atoms with Crippen molar-refractivity contribution in [1.29, 1.82) is 0 Å². The van der Waals surface area contributed by atoms with E-state index in [4.69, 9.17) is 5.11 Å². The van der Waals surface area contributed by atoms with Crippen molar-refractivity contribution in [3.63, 3.8) is 0 Å². The van der Waals surface area contributed by atoms with Gasteiger partial charge in [-0.25, -0.2) is 0 Å². The van der Waals surface area contributed by atoms with E-state index < -0.39 is 5.97 Å².